The van der Waals surface area contributed by atoms with Gasteiger partial charge in [0.15, 0.2) is 0 Å². The van der Waals surface area contributed by atoms with Gasteiger partial charge in [0.25, 0.3) is 0 Å². The number of ether oxygens (including phenoxy) is 2. The maximum absolute atomic E-state index is 13.1. The number of rotatable bonds is 4. The van der Waals surface area contributed by atoms with E-state index in [-0.39, 0.29) is 46.6 Å². The molecule has 23 heavy (non-hydrogen) atoms. The van der Waals surface area contributed by atoms with E-state index in [2.05, 4.69) is 27.7 Å². The molecule has 3 aliphatic carbocycles. The molecule has 6 atom stereocenters. The van der Waals surface area contributed by atoms with Crippen LogP contribution in [0.4, 0.5) is 0 Å². The van der Waals surface area contributed by atoms with E-state index in [1.54, 1.807) is 0 Å². The number of esters is 2. The van der Waals surface area contributed by atoms with Gasteiger partial charge < -0.3 is 9.47 Å². The topological polar surface area (TPSA) is 52.6 Å². The average Bonchev–Trinajstić information content (AvgIpc) is 2.78. The lowest BCUT2D eigenvalue weighted by Crippen LogP contribution is -2.49. The van der Waals surface area contributed by atoms with Gasteiger partial charge in [-0.3, -0.25) is 9.59 Å². The van der Waals surface area contributed by atoms with Crippen LogP contribution in [0.2, 0.25) is 0 Å². The highest BCUT2D eigenvalue weighted by Crippen LogP contribution is 2.68. The lowest BCUT2D eigenvalue weighted by molar-refractivity contribution is -0.187. The number of carbonyl (C=O) groups excluding carboxylic acids is 2. The highest BCUT2D eigenvalue weighted by Gasteiger charge is 2.72. The predicted octanol–water partition coefficient (Wildman–Crippen LogP) is 3.33. The second-order valence-corrected chi connectivity index (χ2v) is 9.61. The summed E-state index contributed by atoms with van der Waals surface area (Å²) in [7, 11) is 0. The molecule has 0 N–H and O–H groups in total. The van der Waals surface area contributed by atoms with E-state index in [0.29, 0.717) is 5.92 Å². The van der Waals surface area contributed by atoms with Gasteiger partial charge in [0.1, 0.15) is 11.7 Å². The Morgan fingerprint density at radius 3 is 2.52 bits per heavy atom. The number of hydrogen-bond acceptors (Lipinski definition) is 4. The molecule has 4 rings (SSSR count). The number of hydrogen-bond donors (Lipinski definition) is 0. The minimum atomic E-state index is -0.618. The Hall–Kier alpha value is -1.06. The fourth-order valence-electron chi connectivity index (χ4n) is 5.84. The Morgan fingerprint density at radius 1 is 1.30 bits per heavy atom. The zero-order valence-corrected chi connectivity index (χ0v) is 14.8. The molecule has 6 unspecified atom stereocenters. The van der Waals surface area contributed by atoms with Gasteiger partial charge in [-0.1, -0.05) is 27.7 Å². The van der Waals surface area contributed by atoms with E-state index in [4.69, 9.17) is 9.47 Å². The van der Waals surface area contributed by atoms with Crippen LogP contribution < -0.4 is 0 Å². The molecule has 4 fully saturated rings. The minimum Gasteiger partial charge on any atom is -0.458 e. The van der Waals surface area contributed by atoms with E-state index < -0.39 is 5.60 Å². The first-order valence-electron chi connectivity index (χ1n) is 9.05. The summed E-state index contributed by atoms with van der Waals surface area (Å²) in [6, 6.07) is 0. The van der Waals surface area contributed by atoms with Crippen molar-refractivity contribution in [3.05, 3.63) is 0 Å². The largest absolute Gasteiger partial charge is 0.458 e. The fourth-order valence-corrected chi connectivity index (χ4v) is 5.84. The van der Waals surface area contributed by atoms with Gasteiger partial charge >= 0.3 is 11.9 Å². The van der Waals surface area contributed by atoms with Crippen molar-refractivity contribution in [1.29, 1.82) is 0 Å². The highest BCUT2D eigenvalue weighted by molar-refractivity contribution is 5.83. The second-order valence-electron chi connectivity index (χ2n) is 9.61. The standard InChI is InChI=1S/C19H28O4/c1-10(2)8-19(9-17(19,3)4)16(21)23-18(5)11-6-12-13(7-11)15(20)22-14(12)18/h10-14H,6-9H2,1-5H3. The quantitative estimate of drug-likeness (QED) is 0.746. The Bertz CT molecular complexity index is 580. The van der Waals surface area contributed by atoms with E-state index in [1.807, 2.05) is 6.92 Å². The van der Waals surface area contributed by atoms with Crippen molar-refractivity contribution in [2.45, 2.75) is 72.0 Å². The monoisotopic (exact) mass is 320 g/mol. The first-order valence-corrected chi connectivity index (χ1v) is 9.05. The molecule has 0 aromatic rings. The molecule has 0 radical (unpaired) electrons. The minimum absolute atomic E-state index is 0.0111. The predicted molar refractivity (Wildman–Crippen MR) is 84.4 cm³/mol. The molecular formula is C19H28O4. The number of carbonyl (C=O) groups is 2. The molecule has 4 nitrogen and oxygen atoms in total. The maximum Gasteiger partial charge on any atom is 0.313 e. The molecular weight excluding hydrogens is 292 g/mol. The van der Waals surface area contributed by atoms with Gasteiger partial charge in [0, 0.05) is 11.8 Å². The molecule has 4 heteroatoms. The zero-order chi connectivity index (χ0) is 16.8. The SMILES string of the molecule is CC(C)CC1(C(=O)OC2(C)C3CC4C(=O)OC2C4C3)CC1(C)C. The lowest BCUT2D eigenvalue weighted by Gasteiger charge is -2.38. The van der Waals surface area contributed by atoms with E-state index in [1.165, 1.54) is 0 Å². The van der Waals surface area contributed by atoms with E-state index in [0.717, 1.165) is 25.7 Å². The third-order valence-corrected chi connectivity index (χ3v) is 7.30. The summed E-state index contributed by atoms with van der Waals surface area (Å²) in [5, 5.41) is 0. The van der Waals surface area contributed by atoms with Crippen LogP contribution in [-0.4, -0.2) is 23.6 Å². The van der Waals surface area contributed by atoms with E-state index in [9.17, 15) is 9.59 Å². The van der Waals surface area contributed by atoms with Crippen molar-refractivity contribution in [1.82, 2.24) is 0 Å². The Labute approximate surface area is 138 Å². The van der Waals surface area contributed by atoms with Gasteiger partial charge in [-0.2, -0.15) is 0 Å². The molecule has 1 saturated heterocycles. The summed E-state index contributed by atoms with van der Waals surface area (Å²) in [5.41, 5.74) is -0.960. The molecule has 0 spiro atoms. The summed E-state index contributed by atoms with van der Waals surface area (Å²) in [6.07, 6.45) is 3.33. The van der Waals surface area contributed by atoms with Gasteiger partial charge in [0.05, 0.1) is 11.3 Å². The molecule has 0 aromatic heterocycles. The zero-order valence-electron chi connectivity index (χ0n) is 14.8. The van der Waals surface area contributed by atoms with Crippen LogP contribution in [0.3, 0.4) is 0 Å². The molecule has 128 valence electrons. The molecule has 2 bridgehead atoms. The molecule has 3 saturated carbocycles. The van der Waals surface area contributed by atoms with Crippen LogP contribution in [0.1, 0.15) is 60.3 Å². The lowest BCUT2D eigenvalue weighted by atomic mass is 9.79. The van der Waals surface area contributed by atoms with Crippen LogP contribution in [0, 0.1) is 34.5 Å². The van der Waals surface area contributed by atoms with Crippen molar-refractivity contribution in [2.24, 2.45) is 34.5 Å². The molecule has 1 aliphatic heterocycles. The molecule has 0 amide bonds. The van der Waals surface area contributed by atoms with Crippen molar-refractivity contribution >= 4 is 11.9 Å². The highest BCUT2D eigenvalue weighted by atomic mass is 16.6. The van der Waals surface area contributed by atoms with Gasteiger partial charge in [0.2, 0.25) is 0 Å². The fraction of sp³-hybridized carbons (Fsp3) is 0.895. The summed E-state index contributed by atoms with van der Waals surface area (Å²) < 4.78 is 11.8. The Balaban J connectivity index is 1.57. The second kappa shape index (κ2) is 4.31. The summed E-state index contributed by atoms with van der Waals surface area (Å²) in [5.74, 6) is 0.913. The Kier molecular flexibility index (Phi) is 2.90. The normalized spacial score (nSPS) is 48.7. The maximum atomic E-state index is 13.1. The third kappa shape index (κ3) is 1.84. The van der Waals surface area contributed by atoms with Crippen LogP contribution in [-0.2, 0) is 19.1 Å². The van der Waals surface area contributed by atoms with Crippen molar-refractivity contribution < 1.29 is 19.1 Å². The van der Waals surface area contributed by atoms with Crippen LogP contribution >= 0.6 is 0 Å². The van der Waals surface area contributed by atoms with Crippen LogP contribution in [0.15, 0.2) is 0 Å². The van der Waals surface area contributed by atoms with Crippen LogP contribution in [0.5, 0.6) is 0 Å². The first-order chi connectivity index (χ1) is 10.6. The molecule has 4 aliphatic rings. The van der Waals surface area contributed by atoms with E-state index >= 15 is 0 Å². The summed E-state index contributed by atoms with van der Waals surface area (Å²) >= 11 is 0. The van der Waals surface area contributed by atoms with Crippen LogP contribution in [0.25, 0.3) is 0 Å². The van der Waals surface area contributed by atoms with Crippen molar-refractivity contribution in [2.75, 3.05) is 0 Å². The van der Waals surface area contributed by atoms with Gasteiger partial charge in [-0.25, -0.2) is 0 Å². The van der Waals surface area contributed by atoms with Crippen molar-refractivity contribution in [3.63, 3.8) is 0 Å². The smallest absolute Gasteiger partial charge is 0.313 e. The van der Waals surface area contributed by atoms with Gasteiger partial charge in [-0.05, 0) is 43.9 Å². The third-order valence-electron chi connectivity index (χ3n) is 7.30. The number of fused-ring (bicyclic) bond motifs is 1. The van der Waals surface area contributed by atoms with Gasteiger partial charge in [-0.15, -0.1) is 0 Å². The summed E-state index contributed by atoms with van der Waals surface area (Å²) in [4.78, 5) is 25.1. The molecule has 1 heterocycles. The Morgan fingerprint density at radius 2 is 1.96 bits per heavy atom. The molecule has 0 aromatic carbocycles. The summed E-state index contributed by atoms with van der Waals surface area (Å²) in [6.45, 7) is 10.6. The average molecular weight is 320 g/mol. The van der Waals surface area contributed by atoms with Crippen molar-refractivity contribution in [3.8, 4) is 0 Å². The first kappa shape index (κ1) is 15.5.